The van der Waals surface area contributed by atoms with Crippen LogP contribution in [0, 0.1) is 6.92 Å². The average Bonchev–Trinajstić information content (AvgIpc) is 2.85. The second-order valence-electron chi connectivity index (χ2n) is 5.99. The van der Waals surface area contributed by atoms with E-state index in [1.807, 2.05) is 12.3 Å². The summed E-state index contributed by atoms with van der Waals surface area (Å²) in [7, 11) is 0. The molecular formula is C16H19ClN4O2S. The van der Waals surface area contributed by atoms with Gasteiger partial charge in [-0.05, 0) is 39.8 Å². The molecule has 0 fully saturated rings. The van der Waals surface area contributed by atoms with Gasteiger partial charge in [0.15, 0.2) is 0 Å². The molecule has 0 saturated carbocycles. The molecule has 1 aromatic carbocycles. The summed E-state index contributed by atoms with van der Waals surface area (Å²) >= 11 is 7.66. The fourth-order valence-corrected chi connectivity index (χ4v) is 2.61. The van der Waals surface area contributed by atoms with Gasteiger partial charge in [-0.1, -0.05) is 17.7 Å². The summed E-state index contributed by atoms with van der Waals surface area (Å²) in [5.41, 5.74) is 4.26. The van der Waals surface area contributed by atoms with Gasteiger partial charge in [-0.15, -0.1) is 11.3 Å². The SMILES string of the molecule is Cc1csc(NN=Cc2c(Cl)cccc2NC(=O)OC(C)(C)C)n1. The van der Waals surface area contributed by atoms with Crippen LogP contribution < -0.4 is 10.7 Å². The number of nitrogens with zero attached hydrogens (tertiary/aromatic N) is 2. The van der Waals surface area contributed by atoms with Crippen LogP contribution in [0.25, 0.3) is 0 Å². The quantitative estimate of drug-likeness (QED) is 0.596. The Balaban J connectivity index is 2.12. The number of ether oxygens (including phenoxy) is 1. The number of carbonyl (C=O) groups is 1. The Labute approximate surface area is 149 Å². The van der Waals surface area contributed by atoms with Gasteiger partial charge >= 0.3 is 6.09 Å². The van der Waals surface area contributed by atoms with Crippen molar-refractivity contribution in [2.24, 2.45) is 5.10 Å². The van der Waals surface area contributed by atoms with Crippen molar-refractivity contribution < 1.29 is 9.53 Å². The lowest BCUT2D eigenvalue weighted by molar-refractivity contribution is 0.0636. The third-order valence-electron chi connectivity index (χ3n) is 2.66. The fourth-order valence-electron chi connectivity index (χ4n) is 1.75. The first-order valence-electron chi connectivity index (χ1n) is 7.24. The number of benzene rings is 1. The van der Waals surface area contributed by atoms with Crippen molar-refractivity contribution in [3.63, 3.8) is 0 Å². The molecule has 2 aromatic rings. The first-order valence-corrected chi connectivity index (χ1v) is 8.50. The van der Waals surface area contributed by atoms with Crippen LogP contribution in [0.3, 0.4) is 0 Å². The lowest BCUT2D eigenvalue weighted by Gasteiger charge is -2.20. The third kappa shape index (κ3) is 5.50. The van der Waals surface area contributed by atoms with Crippen molar-refractivity contribution in [3.05, 3.63) is 39.9 Å². The van der Waals surface area contributed by atoms with Crippen molar-refractivity contribution in [2.45, 2.75) is 33.3 Å². The van der Waals surface area contributed by atoms with Crippen LogP contribution in [-0.2, 0) is 4.74 Å². The van der Waals surface area contributed by atoms with Crippen LogP contribution in [0.5, 0.6) is 0 Å². The molecule has 0 aliphatic heterocycles. The zero-order chi connectivity index (χ0) is 17.7. The number of hydrogen-bond acceptors (Lipinski definition) is 6. The summed E-state index contributed by atoms with van der Waals surface area (Å²) in [6.07, 6.45) is 0.981. The van der Waals surface area contributed by atoms with Crippen molar-refractivity contribution in [1.82, 2.24) is 4.98 Å². The minimum absolute atomic E-state index is 0.462. The van der Waals surface area contributed by atoms with E-state index in [1.54, 1.807) is 39.0 Å². The second-order valence-corrected chi connectivity index (χ2v) is 7.26. The highest BCUT2D eigenvalue weighted by Crippen LogP contribution is 2.23. The normalized spacial score (nSPS) is 11.5. The van der Waals surface area contributed by atoms with Gasteiger partial charge in [-0.25, -0.2) is 9.78 Å². The highest BCUT2D eigenvalue weighted by atomic mass is 35.5. The lowest BCUT2D eigenvalue weighted by atomic mass is 10.2. The molecule has 1 heterocycles. The lowest BCUT2D eigenvalue weighted by Crippen LogP contribution is -2.27. The van der Waals surface area contributed by atoms with Crippen LogP contribution in [0.4, 0.5) is 15.6 Å². The molecule has 0 atom stereocenters. The number of rotatable bonds is 4. The van der Waals surface area contributed by atoms with Gasteiger partial charge in [0.1, 0.15) is 5.60 Å². The first kappa shape index (κ1) is 18.2. The maximum absolute atomic E-state index is 11.9. The van der Waals surface area contributed by atoms with Gasteiger partial charge in [0.25, 0.3) is 0 Å². The van der Waals surface area contributed by atoms with Gasteiger partial charge in [0.2, 0.25) is 5.13 Å². The molecule has 1 aromatic heterocycles. The molecule has 0 saturated heterocycles. The molecule has 24 heavy (non-hydrogen) atoms. The average molecular weight is 367 g/mol. The van der Waals surface area contributed by atoms with Crippen LogP contribution in [0.2, 0.25) is 5.02 Å². The molecule has 1 amide bonds. The maximum Gasteiger partial charge on any atom is 0.412 e. The molecule has 0 spiro atoms. The molecule has 2 N–H and O–H groups in total. The Morgan fingerprint density at radius 2 is 2.17 bits per heavy atom. The highest BCUT2D eigenvalue weighted by Gasteiger charge is 2.17. The summed E-state index contributed by atoms with van der Waals surface area (Å²) in [4.78, 5) is 16.2. The number of hydrogen-bond donors (Lipinski definition) is 2. The van der Waals surface area contributed by atoms with Crippen LogP contribution in [-0.4, -0.2) is 22.9 Å². The van der Waals surface area contributed by atoms with Gasteiger partial charge in [-0.3, -0.25) is 10.7 Å². The van der Waals surface area contributed by atoms with Crippen molar-refractivity contribution in [3.8, 4) is 0 Å². The summed E-state index contributed by atoms with van der Waals surface area (Å²) in [6, 6.07) is 5.19. The van der Waals surface area contributed by atoms with E-state index < -0.39 is 11.7 Å². The summed E-state index contributed by atoms with van der Waals surface area (Å²) in [5, 5.41) is 9.87. The van der Waals surface area contributed by atoms with E-state index >= 15 is 0 Å². The highest BCUT2D eigenvalue weighted by molar-refractivity contribution is 7.13. The molecule has 6 nitrogen and oxygen atoms in total. The number of carbonyl (C=O) groups excluding carboxylic acids is 1. The van der Waals surface area contributed by atoms with Gasteiger partial charge < -0.3 is 4.74 Å². The van der Waals surface area contributed by atoms with Gasteiger partial charge in [0.05, 0.1) is 22.6 Å². The molecule has 2 rings (SSSR count). The summed E-state index contributed by atoms with van der Waals surface area (Å²) < 4.78 is 5.25. The number of halogens is 1. The predicted octanol–water partition coefficient (Wildman–Crippen LogP) is 4.90. The maximum atomic E-state index is 11.9. The molecule has 0 bridgehead atoms. The number of thiazole rings is 1. The van der Waals surface area contributed by atoms with Crippen LogP contribution >= 0.6 is 22.9 Å². The minimum atomic E-state index is -0.582. The second kappa shape index (κ2) is 7.63. The molecule has 0 aliphatic rings. The van der Waals surface area contributed by atoms with E-state index in [9.17, 15) is 4.79 Å². The number of nitrogens with one attached hydrogen (secondary N) is 2. The molecular weight excluding hydrogens is 348 g/mol. The molecule has 0 unspecified atom stereocenters. The standard InChI is InChI=1S/C16H19ClN4O2S/c1-10-9-24-14(19-10)21-18-8-11-12(17)6-5-7-13(11)20-15(22)23-16(2,3)4/h5-9H,1-4H3,(H,19,21)(H,20,22). The first-order chi connectivity index (χ1) is 11.2. The largest absolute Gasteiger partial charge is 0.444 e. The Morgan fingerprint density at radius 3 is 2.79 bits per heavy atom. The molecule has 0 aliphatic carbocycles. The van der Waals surface area contributed by atoms with Crippen LogP contribution in [0.1, 0.15) is 32.0 Å². The Bertz CT molecular complexity index is 753. The molecule has 8 heteroatoms. The van der Waals surface area contributed by atoms with E-state index in [2.05, 4.69) is 20.8 Å². The topological polar surface area (TPSA) is 75.6 Å². The predicted molar refractivity (Wildman–Crippen MR) is 99.4 cm³/mol. The summed E-state index contributed by atoms with van der Waals surface area (Å²) in [5.74, 6) is 0. The van der Waals surface area contributed by atoms with Crippen molar-refractivity contribution >= 4 is 46.1 Å². The smallest absolute Gasteiger partial charge is 0.412 e. The Kier molecular flexibility index (Phi) is 5.80. The van der Waals surface area contributed by atoms with Crippen molar-refractivity contribution in [2.75, 3.05) is 10.7 Å². The van der Waals surface area contributed by atoms with Gasteiger partial charge in [-0.2, -0.15) is 5.10 Å². The van der Waals surface area contributed by atoms with Crippen LogP contribution in [0.15, 0.2) is 28.7 Å². The number of aryl methyl sites for hydroxylation is 1. The number of anilines is 2. The Morgan fingerprint density at radius 1 is 1.42 bits per heavy atom. The van der Waals surface area contributed by atoms with Gasteiger partial charge in [0, 0.05) is 10.9 Å². The number of amides is 1. The Hall–Kier alpha value is -2.12. The number of aromatic nitrogens is 1. The molecule has 0 radical (unpaired) electrons. The fraction of sp³-hybridized carbons (Fsp3) is 0.312. The van der Waals surface area contributed by atoms with E-state index in [0.29, 0.717) is 21.4 Å². The van der Waals surface area contributed by atoms with E-state index in [1.165, 1.54) is 17.6 Å². The minimum Gasteiger partial charge on any atom is -0.444 e. The van der Waals surface area contributed by atoms with E-state index in [0.717, 1.165) is 5.69 Å². The van der Waals surface area contributed by atoms with Crippen molar-refractivity contribution in [1.29, 1.82) is 0 Å². The molecule has 128 valence electrons. The zero-order valence-electron chi connectivity index (χ0n) is 13.9. The van der Waals surface area contributed by atoms with E-state index in [-0.39, 0.29) is 0 Å². The number of hydrazone groups is 1. The van der Waals surface area contributed by atoms with E-state index in [4.69, 9.17) is 16.3 Å². The monoisotopic (exact) mass is 366 g/mol. The summed E-state index contributed by atoms with van der Waals surface area (Å²) in [6.45, 7) is 7.30. The third-order valence-corrected chi connectivity index (χ3v) is 3.86. The zero-order valence-corrected chi connectivity index (χ0v) is 15.5.